The number of phenolic OH excluding ortho intramolecular Hbond substituents is 1. The van der Waals surface area contributed by atoms with E-state index in [0.29, 0.717) is 11.7 Å². The zero-order valence-electron chi connectivity index (χ0n) is 12.2. The lowest BCUT2D eigenvalue weighted by Crippen LogP contribution is -2.47. The van der Waals surface area contributed by atoms with E-state index in [4.69, 9.17) is 0 Å². The van der Waals surface area contributed by atoms with Crippen LogP contribution in [0.5, 0.6) is 5.75 Å². The molecule has 19 heavy (non-hydrogen) atoms. The quantitative estimate of drug-likeness (QED) is 0.907. The van der Waals surface area contributed by atoms with Crippen LogP contribution in [0.1, 0.15) is 38.7 Å². The van der Waals surface area contributed by atoms with E-state index in [1.165, 1.54) is 24.8 Å². The van der Waals surface area contributed by atoms with Crippen LogP contribution < -0.4 is 0 Å². The highest BCUT2D eigenvalue weighted by atomic mass is 79.9. The molecule has 1 fully saturated rings. The summed E-state index contributed by atoms with van der Waals surface area (Å²) >= 11 is 0. The maximum Gasteiger partial charge on any atom is 0.115 e. The van der Waals surface area contributed by atoms with E-state index >= 15 is 0 Å². The fourth-order valence-electron chi connectivity index (χ4n) is 3.58. The Kier molecular flexibility index (Phi) is 5.87. The van der Waals surface area contributed by atoms with Crippen LogP contribution in [-0.4, -0.2) is 30.1 Å². The van der Waals surface area contributed by atoms with Gasteiger partial charge in [-0.2, -0.15) is 0 Å². The summed E-state index contributed by atoms with van der Waals surface area (Å²) < 4.78 is 0. The number of likely N-dealkylation sites (tertiary alicyclic amines) is 1. The highest BCUT2D eigenvalue weighted by Gasteiger charge is 2.40. The maximum absolute atomic E-state index is 9.75. The van der Waals surface area contributed by atoms with Gasteiger partial charge in [-0.15, -0.1) is 17.0 Å². The van der Waals surface area contributed by atoms with E-state index in [1.807, 2.05) is 12.1 Å². The molecule has 1 heterocycles. The molecule has 0 unspecified atom stereocenters. The Balaban J connectivity index is 0.00000180. The van der Waals surface area contributed by atoms with Crippen molar-refractivity contribution in [1.29, 1.82) is 0 Å². The number of benzene rings is 1. The van der Waals surface area contributed by atoms with E-state index in [0.717, 1.165) is 13.1 Å². The third-order valence-corrected chi connectivity index (χ3v) is 4.59. The second kappa shape index (κ2) is 6.76. The Morgan fingerprint density at radius 3 is 2.74 bits per heavy atom. The van der Waals surface area contributed by atoms with Crippen molar-refractivity contribution in [2.24, 2.45) is 5.92 Å². The van der Waals surface area contributed by atoms with Crippen LogP contribution >= 0.6 is 17.0 Å². The summed E-state index contributed by atoms with van der Waals surface area (Å²) in [4.78, 5) is 2.42. The number of nitrogens with zero attached hydrogens (tertiary/aromatic N) is 1. The minimum Gasteiger partial charge on any atom is -0.508 e. The van der Waals surface area contributed by atoms with Crippen molar-refractivity contribution < 1.29 is 5.11 Å². The summed E-state index contributed by atoms with van der Waals surface area (Å²) in [6, 6.07) is 7.91. The Bertz CT molecular complexity index is 409. The predicted molar refractivity (Wildman–Crippen MR) is 86.3 cm³/mol. The number of halogens is 1. The molecule has 0 amide bonds. The van der Waals surface area contributed by atoms with Crippen molar-refractivity contribution in [2.45, 2.75) is 38.5 Å². The molecule has 1 aliphatic rings. The molecule has 2 rings (SSSR count). The molecule has 0 aliphatic carbocycles. The molecule has 0 saturated carbocycles. The van der Waals surface area contributed by atoms with Gasteiger partial charge in [0, 0.05) is 12.0 Å². The van der Waals surface area contributed by atoms with Crippen LogP contribution in [0, 0.1) is 5.92 Å². The van der Waals surface area contributed by atoms with Gasteiger partial charge in [0.15, 0.2) is 0 Å². The first-order valence-corrected chi connectivity index (χ1v) is 7.06. The van der Waals surface area contributed by atoms with Gasteiger partial charge in [0.2, 0.25) is 0 Å². The minimum absolute atomic E-state index is 0. The van der Waals surface area contributed by atoms with Gasteiger partial charge in [-0.1, -0.05) is 32.4 Å². The third kappa shape index (κ3) is 3.32. The third-order valence-electron chi connectivity index (χ3n) is 4.59. The fraction of sp³-hybridized carbons (Fsp3) is 0.625. The van der Waals surface area contributed by atoms with Crippen LogP contribution in [0.15, 0.2) is 24.3 Å². The van der Waals surface area contributed by atoms with Crippen molar-refractivity contribution in [1.82, 2.24) is 4.90 Å². The SMILES string of the molecule is Br.CCC[C@]1(c2cccc(O)c2)CCN(C)C[C@@H]1C. The molecule has 1 aliphatic heterocycles. The molecular weight excluding hydrogens is 302 g/mol. The van der Waals surface area contributed by atoms with Crippen molar-refractivity contribution in [3.05, 3.63) is 29.8 Å². The van der Waals surface area contributed by atoms with Gasteiger partial charge in [-0.25, -0.2) is 0 Å². The summed E-state index contributed by atoms with van der Waals surface area (Å²) in [6.07, 6.45) is 3.61. The second-order valence-corrected chi connectivity index (χ2v) is 5.87. The van der Waals surface area contributed by atoms with Gasteiger partial charge in [-0.3, -0.25) is 0 Å². The van der Waals surface area contributed by atoms with Crippen molar-refractivity contribution in [3.8, 4) is 5.75 Å². The average Bonchev–Trinajstić information content (AvgIpc) is 2.33. The zero-order valence-corrected chi connectivity index (χ0v) is 13.9. The van der Waals surface area contributed by atoms with Crippen LogP contribution in [0.2, 0.25) is 0 Å². The summed E-state index contributed by atoms with van der Waals surface area (Å²) in [5.41, 5.74) is 1.57. The standard InChI is InChI=1S/C16H25NO.BrH/c1-4-8-16(9-10-17(3)12-13(16)2)14-6-5-7-15(18)11-14;/h5-7,11,13,18H,4,8-10,12H2,1-3H3;1H/t13-,16-;/m0./s1. The lowest BCUT2D eigenvalue weighted by molar-refractivity contribution is 0.112. The van der Waals surface area contributed by atoms with Crippen LogP contribution in [0.4, 0.5) is 0 Å². The highest BCUT2D eigenvalue weighted by Crippen LogP contribution is 2.43. The smallest absolute Gasteiger partial charge is 0.115 e. The number of rotatable bonds is 3. The molecule has 108 valence electrons. The monoisotopic (exact) mass is 327 g/mol. The Morgan fingerprint density at radius 2 is 2.16 bits per heavy atom. The largest absolute Gasteiger partial charge is 0.508 e. The van der Waals surface area contributed by atoms with Crippen molar-refractivity contribution in [2.75, 3.05) is 20.1 Å². The number of hydrogen-bond acceptors (Lipinski definition) is 2. The van der Waals surface area contributed by atoms with Gasteiger partial charge in [0.25, 0.3) is 0 Å². The van der Waals surface area contributed by atoms with E-state index in [9.17, 15) is 5.11 Å². The van der Waals surface area contributed by atoms with E-state index in [-0.39, 0.29) is 22.4 Å². The Morgan fingerprint density at radius 1 is 1.42 bits per heavy atom. The molecule has 0 aromatic heterocycles. The topological polar surface area (TPSA) is 23.5 Å². The summed E-state index contributed by atoms with van der Waals surface area (Å²) in [7, 11) is 2.20. The van der Waals surface area contributed by atoms with E-state index in [1.54, 1.807) is 6.07 Å². The van der Waals surface area contributed by atoms with Gasteiger partial charge in [0.1, 0.15) is 5.75 Å². The zero-order chi connectivity index (χ0) is 13.2. The van der Waals surface area contributed by atoms with Crippen LogP contribution in [-0.2, 0) is 5.41 Å². The molecule has 0 radical (unpaired) electrons. The minimum atomic E-state index is 0. The molecule has 0 spiro atoms. The lowest BCUT2D eigenvalue weighted by atomic mass is 9.64. The molecule has 3 heteroatoms. The molecule has 1 saturated heterocycles. The number of phenols is 1. The first kappa shape index (κ1) is 16.5. The second-order valence-electron chi connectivity index (χ2n) is 5.87. The number of piperidine rings is 1. The van der Waals surface area contributed by atoms with Crippen LogP contribution in [0.3, 0.4) is 0 Å². The maximum atomic E-state index is 9.75. The summed E-state index contributed by atoms with van der Waals surface area (Å²) in [5.74, 6) is 1.03. The van der Waals surface area contributed by atoms with Gasteiger partial charge >= 0.3 is 0 Å². The summed E-state index contributed by atoms with van der Waals surface area (Å²) in [6.45, 7) is 6.92. The predicted octanol–water partition coefficient (Wildman–Crippen LogP) is 3.98. The molecular formula is C16H26BrNO. The highest BCUT2D eigenvalue weighted by molar-refractivity contribution is 8.93. The lowest BCUT2D eigenvalue weighted by Gasteiger charge is -2.46. The van der Waals surface area contributed by atoms with Crippen molar-refractivity contribution in [3.63, 3.8) is 0 Å². The molecule has 1 N–H and O–H groups in total. The van der Waals surface area contributed by atoms with Gasteiger partial charge < -0.3 is 10.0 Å². The van der Waals surface area contributed by atoms with E-state index in [2.05, 4.69) is 31.9 Å². The van der Waals surface area contributed by atoms with E-state index < -0.39 is 0 Å². The normalized spacial score (nSPS) is 27.8. The summed E-state index contributed by atoms with van der Waals surface area (Å²) in [5, 5.41) is 9.75. The molecule has 0 bridgehead atoms. The first-order valence-electron chi connectivity index (χ1n) is 7.06. The Labute approximate surface area is 127 Å². The average molecular weight is 328 g/mol. The molecule has 2 nitrogen and oxygen atoms in total. The fourth-order valence-corrected chi connectivity index (χ4v) is 3.58. The number of hydrogen-bond donors (Lipinski definition) is 1. The van der Waals surface area contributed by atoms with Crippen molar-refractivity contribution >= 4 is 17.0 Å². The Hall–Kier alpha value is -0.540. The molecule has 1 aromatic carbocycles. The van der Waals surface area contributed by atoms with Gasteiger partial charge in [0.05, 0.1) is 0 Å². The molecule has 2 atom stereocenters. The van der Waals surface area contributed by atoms with Crippen LogP contribution in [0.25, 0.3) is 0 Å². The molecule has 1 aromatic rings. The number of aromatic hydroxyl groups is 1. The first-order chi connectivity index (χ1) is 8.58. The van der Waals surface area contributed by atoms with Gasteiger partial charge in [-0.05, 0) is 50.0 Å².